The fraction of sp³-hybridized carbons (Fsp3) is 0.760. The molecule has 0 aromatic carbocycles. The number of aliphatic hydroxyl groups excluding tert-OH is 2. The normalized spacial score (nSPS) is 30.4. The van der Waals surface area contributed by atoms with Crippen LogP contribution in [0.2, 0.25) is 0 Å². The number of rotatable bonds is 11. The van der Waals surface area contributed by atoms with E-state index in [2.05, 4.69) is 36.2 Å². The molecule has 0 aromatic heterocycles. The van der Waals surface area contributed by atoms with Crippen LogP contribution in [0, 0.1) is 35.5 Å². The first kappa shape index (κ1) is 23.2. The van der Waals surface area contributed by atoms with Crippen molar-refractivity contribution in [2.75, 3.05) is 13.1 Å². The Balaban J connectivity index is 1.79. The minimum Gasteiger partial charge on any atom is -0.392 e. The Labute approximate surface area is 172 Å². The summed E-state index contributed by atoms with van der Waals surface area (Å²) in [5.74, 6) is 7.41. The fourth-order valence-corrected chi connectivity index (χ4v) is 4.76. The molecule has 0 unspecified atom stereocenters. The van der Waals surface area contributed by atoms with E-state index >= 15 is 0 Å². The first-order valence-corrected chi connectivity index (χ1v) is 11.4. The maximum Gasteiger partial charge on any atom is 0.0755 e. The highest BCUT2D eigenvalue weighted by Crippen LogP contribution is 2.50. The molecule has 3 N–H and O–H groups in total. The summed E-state index contributed by atoms with van der Waals surface area (Å²) in [6.45, 7) is 8.32. The average molecular weight is 388 g/mol. The van der Waals surface area contributed by atoms with Crippen molar-refractivity contribution < 1.29 is 10.2 Å². The lowest BCUT2D eigenvalue weighted by Crippen LogP contribution is -2.19. The second kappa shape index (κ2) is 12.5. The zero-order valence-electron chi connectivity index (χ0n) is 18.2. The van der Waals surface area contributed by atoms with Gasteiger partial charge in [0.2, 0.25) is 0 Å². The van der Waals surface area contributed by atoms with Crippen LogP contribution in [-0.2, 0) is 0 Å². The molecule has 2 rings (SSSR count). The van der Waals surface area contributed by atoms with Crippen molar-refractivity contribution in [3.8, 4) is 11.8 Å². The molecule has 2 saturated carbocycles. The largest absolute Gasteiger partial charge is 0.392 e. The lowest BCUT2D eigenvalue weighted by molar-refractivity contribution is 0.137. The number of unbranched alkanes of at least 4 members (excludes halogenated alkanes) is 2. The molecule has 0 saturated heterocycles. The Morgan fingerprint density at radius 3 is 2.82 bits per heavy atom. The average Bonchev–Trinajstić information content (AvgIpc) is 3.19. The van der Waals surface area contributed by atoms with E-state index < -0.39 is 6.10 Å². The van der Waals surface area contributed by atoms with Crippen LogP contribution in [0.4, 0.5) is 0 Å². The third-order valence-corrected chi connectivity index (χ3v) is 6.49. The lowest BCUT2D eigenvalue weighted by Gasteiger charge is -2.19. The molecule has 6 atom stereocenters. The monoisotopic (exact) mass is 387 g/mol. The Hall–Kier alpha value is -1.08. The third kappa shape index (κ3) is 7.07. The van der Waals surface area contributed by atoms with Crippen LogP contribution in [-0.4, -0.2) is 35.5 Å². The standard InChI is InChI=1S/C25H41NO2/c1-4-6-10-19(3)24(27)13-12-22-23-17-20(16-21(23)18-25(22)28)11-8-7-9-15-26-14-5-2/h11-13,19,21-28H,5,7-10,14-18H2,1-3H3/t19-,21+,22-,23+,24-,25-/m1/s1. The van der Waals surface area contributed by atoms with Gasteiger partial charge in [0, 0.05) is 12.3 Å². The van der Waals surface area contributed by atoms with Crippen LogP contribution in [0.1, 0.15) is 72.1 Å². The van der Waals surface area contributed by atoms with Crippen molar-refractivity contribution in [3.63, 3.8) is 0 Å². The summed E-state index contributed by atoms with van der Waals surface area (Å²) in [6, 6.07) is 0. The van der Waals surface area contributed by atoms with E-state index in [4.69, 9.17) is 0 Å². The molecule has 2 fully saturated rings. The molecule has 0 heterocycles. The molecule has 0 spiro atoms. The summed E-state index contributed by atoms with van der Waals surface area (Å²) >= 11 is 0. The van der Waals surface area contributed by atoms with Crippen molar-refractivity contribution in [1.29, 1.82) is 0 Å². The Morgan fingerprint density at radius 2 is 2.07 bits per heavy atom. The summed E-state index contributed by atoms with van der Waals surface area (Å²) in [5.41, 5.74) is 1.59. The van der Waals surface area contributed by atoms with Crippen molar-refractivity contribution >= 4 is 0 Å². The number of aliphatic hydroxyl groups is 2. The molecule has 3 heteroatoms. The number of fused-ring (bicyclic) bond motifs is 1. The van der Waals surface area contributed by atoms with Gasteiger partial charge >= 0.3 is 0 Å². The predicted octanol–water partition coefficient (Wildman–Crippen LogP) is 4.46. The highest BCUT2D eigenvalue weighted by Gasteiger charge is 2.44. The molecule has 2 aliphatic rings. The van der Waals surface area contributed by atoms with Gasteiger partial charge in [0.05, 0.1) is 12.2 Å². The smallest absolute Gasteiger partial charge is 0.0755 e. The van der Waals surface area contributed by atoms with Crippen LogP contribution >= 0.6 is 0 Å². The molecule has 3 nitrogen and oxygen atoms in total. The van der Waals surface area contributed by atoms with Gasteiger partial charge < -0.3 is 15.5 Å². The molecule has 2 aliphatic carbocycles. The highest BCUT2D eigenvalue weighted by atomic mass is 16.3. The zero-order valence-corrected chi connectivity index (χ0v) is 18.2. The predicted molar refractivity (Wildman–Crippen MR) is 118 cm³/mol. The van der Waals surface area contributed by atoms with Crippen LogP contribution in [0.25, 0.3) is 0 Å². The first-order valence-electron chi connectivity index (χ1n) is 11.4. The lowest BCUT2D eigenvalue weighted by atomic mass is 9.89. The summed E-state index contributed by atoms with van der Waals surface area (Å²) in [7, 11) is 0. The van der Waals surface area contributed by atoms with Gasteiger partial charge in [0.15, 0.2) is 0 Å². The topological polar surface area (TPSA) is 52.5 Å². The molecule has 0 radical (unpaired) electrons. The maximum atomic E-state index is 10.5. The minimum atomic E-state index is -0.482. The van der Waals surface area contributed by atoms with Crippen LogP contribution in [0.15, 0.2) is 23.8 Å². The van der Waals surface area contributed by atoms with Gasteiger partial charge in [-0.3, -0.25) is 0 Å². The number of nitrogens with one attached hydrogen (secondary N) is 1. The van der Waals surface area contributed by atoms with Gasteiger partial charge in [-0.1, -0.05) is 37.6 Å². The highest BCUT2D eigenvalue weighted by molar-refractivity contribution is 5.18. The van der Waals surface area contributed by atoms with Crippen molar-refractivity contribution in [1.82, 2.24) is 5.32 Å². The molecule has 0 amide bonds. The van der Waals surface area contributed by atoms with Crippen molar-refractivity contribution in [3.05, 3.63) is 23.8 Å². The van der Waals surface area contributed by atoms with E-state index in [0.717, 1.165) is 32.4 Å². The second-order valence-electron chi connectivity index (χ2n) is 8.80. The van der Waals surface area contributed by atoms with Gasteiger partial charge in [0.25, 0.3) is 0 Å². The van der Waals surface area contributed by atoms with Crippen molar-refractivity contribution in [2.45, 2.75) is 84.3 Å². The van der Waals surface area contributed by atoms with E-state index in [1.54, 1.807) is 5.57 Å². The van der Waals surface area contributed by atoms with Crippen molar-refractivity contribution in [2.24, 2.45) is 23.7 Å². The molecule has 28 heavy (non-hydrogen) atoms. The van der Waals surface area contributed by atoms with E-state index in [1.165, 1.54) is 25.7 Å². The van der Waals surface area contributed by atoms with E-state index in [9.17, 15) is 10.2 Å². The zero-order chi connectivity index (χ0) is 20.4. The molecule has 158 valence electrons. The molecular formula is C25H41NO2. The number of hydrogen-bond donors (Lipinski definition) is 3. The summed E-state index contributed by atoms with van der Waals surface area (Å²) in [4.78, 5) is 0. The van der Waals surface area contributed by atoms with Gasteiger partial charge in [-0.05, 0) is 82.7 Å². The molecule has 0 bridgehead atoms. The molecular weight excluding hydrogens is 346 g/mol. The Kier molecular flexibility index (Phi) is 10.3. The van der Waals surface area contributed by atoms with Gasteiger partial charge in [0.1, 0.15) is 0 Å². The summed E-state index contributed by atoms with van der Waals surface area (Å²) in [5, 5.41) is 24.3. The summed E-state index contributed by atoms with van der Waals surface area (Å²) < 4.78 is 0. The third-order valence-electron chi connectivity index (χ3n) is 6.49. The van der Waals surface area contributed by atoms with Crippen LogP contribution < -0.4 is 5.32 Å². The quantitative estimate of drug-likeness (QED) is 0.279. The Morgan fingerprint density at radius 1 is 1.25 bits per heavy atom. The van der Waals surface area contributed by atoms with Gasteiger partial charge in [-0.2, -0.15) is 0 Å². The number of allylic oxidation sites excluding steroid dienone is 2. The van der Waals surface area contributed by atoms with Gasteiger partial charge in [-0.15, -0.1) is 11.8 Å². The van der Waals surface area contributed by atoms with Crippen LogP contribution in [0.3, 0.4) is 0 Å². The van der Waals surface area contributed by atoms with E-state index in [0.29, 0.717) is 18.3 Å². The minimum absolute atomic E-state index is 0.129. The SMILES string of the molecule is CC#CC[C@@H](C)[C@H](O)C=C[C@@H]1[C@H]2CC(=CCCCCNCCC)C[C@H]2C[C@H]1O. The van der Waals surface area contributed by atoms with Crippen LogP contribution in [0.5, 0.6) is 0 Å². The molecule has 0 aliphatic heterocycles. The molecule has 0 aromatic rings. The fourth-order valence-electron chi connectivity index (χ4n) is 4.76. The van der Waals surface area contributed by atoms with E-state index in [-0.39, 0.29) is 17.9 Å². The van der Waals surface area contributed by atoms with E-state index in [1.807, 2.05) is 19.9 Å². The maximum absolute atomic E-state index is 10.5. The second-order valence-corrected chi connectivity index (χ2v) is 8.80. The summed E-state index contributed by atoms with van der Waals surface area (Å²) in [6.07, 6.45) is 14.5. The first-order chi connectivity index (χ1) is 13.6. The number of hydrogen-bond acceptors (Lipinski definition) is 3. The Bertz CT molecular complexity index is 571. The van der Waals surface area contributed by atoms with Gasteiger partial charge in [-0.25, -0.2) is 0 Å².